The molecular weight excluding hydrogens is 452 g/mol. The standard InChI is InChI=1S/C29H32N4O3/c1-3-8-20(9-7-18-30-28(34)21-12-15-24(36-2)16-13-21)27-32-25-17-14-22(19-26(25)33-27)29(35)31-23-10-5-4-6-11-23/h3,7-9,12-19,23H,4-6,10-11H2,1-2H3,(H,30,34)(H,31,35)(H,32,33)/b8-3-,18-7+,20-9+. The highest BCUT2D eigenvalue weighted by Crippen LogP contribution is 2.21. The van der Waals surface area contributed by atoms with E-state index in [1.807, 2.05) is 43.4 Å². The number of hydrogen-bond acceptors (Lipinski definition) is 4. The van der Waals surface area contributed by atoms with Gasteiger partial charge in [-0.2, -0.15) is 0 Å². The van der Waals surface area contributed by atoms with Crippen molar-refractivity contribution in [1.29, 1.82) is 0 Å². The third-order valence-electron chi connectivity index (χ3n) is 6.24. The van der Waals surface area contributed by atoms with E-state index < -0.39 is 0 Å². The van der Waals surface area contributed by atoms with Crippen LogP contribution in [0.5, 0.6) is 5.75 Å². The van der Waals surface area contributed by atoms with Crippen molar-refractivity contribution >= 4 is 28.4 Å². The van der Waals surface area contributed by atoms with Gasteiger partial charge in [0.25, 0.3) is 11.8 Å². The lowest BCUT2D eigenvalue weighted by atomic mass is 9.95. The summed E-state index contributed by atoms with van der Waals surface area (Å²) in [5.41, 5.74) is 3.59. The Morgan fingerprint density at radius 2 is 1.78 bits per heavy atom. The molecule has 2 amide bonds. The number of ether oxygens (including phenoxy) is 1. The molecule has 0 radical (unpaired) electrons. The van der Waals surface area contributed by atoms with E-state index >= 15 is 0 Å². The Hall–Kier alpha value is -4.13. The van der Waals surface area contributed by atoms with Gasteiger partial charge in [0.2, 0.25) is 0 Å². The first-order chi connectivity index (χ1) is 17.6. The second kappa shape index (κ2) is 12.0. The van der Waals surface area contributed by atoms with Crippen LogP contribution in [0.4, 0.5) is 0 Å². The molecule has 1 saturated carbocycles. The van der Waals surface area contributed by atoms with Gasteiger partial charge in [-0.05, 0) is 74.4 Å². The van der Waals surface area contributed by atoms with Gasteiger partial charge in [0.05, 0.1) is 18.1 Å². The van der Waals surface area contributed by atoms with Crippen molar-refractivity contribution in [3.8, 4) is 5.75 Å². The first-order valence-corrected chi connectivity index (χ1v) is 12.3. The number of allylic oxidation sites excluding steroid dienone is 5. The first-order valence-electron chi connectivity index (χ1n) is 12.3. The average molecular weight is 485 g/mol. The summed E-state index contributed by atoms with van der Waals surface area (Å²) in [5.74, 6) is 1.13. The van der Waals surface area contributed by atoms with E-state index in [9.17, 15) is 9.59 Å². The van der Waals surface area contributed by atoms with E-state index in [2.05, 4.69) is 20.6 Å². The van der Waals surface area contributed by atoms with E-state index in [4.69, 9.17) is 4.74 Å². The maximum atomic E-state index is 12.7. The zero-order valence-electron chi connectivity index (χ0n) is 20.7. The number of aromatic amines is 1. The lowest BCUT2D eigenvalue weighted by Gasteiger charge is -2.22. The van der Waals surface area contributed by atoms with Crippen molar-refractivity contribution in [3.05, 3.63) is 89.9 Å². The van der Waals surface area contributed by atoms with Gasteiger partial charge in [-0.3, -0.25) is 9.59 Å². The van der Waals surface area contributed by atoms with Crippen LogP contribution in [0, 0.1) is 0 Å². The first kappa shape index (κ1) is 25.0. The Kier molecular flexibility index (Phi) is 8.34. The van der Waals surface area contributed by atoms with E-state index in [1.165, 1.54) is 19.3 Å². The highest BCUT2D eigenvalue weighted by molar-refractivity contribution is 5.98. The van der Waals surface area contributed by atoms with E-state index in [1.54, 1.807) is 43.7 Å². The molecule has 0 spiro atoms. The molecule has 3 N–H and O–H groups in total. The second-order valence-corrected chi connectivity index (χ2v) is 8.81. The molecule has 3 aromatic rings. The van der Waals surface area contributed by atoms with Crippen molar-refractivity contribution in [2.45, 2.75) is 45.1 Å². The highest BCUT2D eigenvalue weighted by Gasteiger charge is 2.17. The normalized spacial score (nSPS) is 15.0. The monoisotopic (exact) mass is 484 g/mol. The number of hydrogen-bond donors (Lipinski definition) is 3. The average Bonchev–Trinajstić information content (AvgIpc) is 3.34. The van der Waals surface area contributed by atoms with Gasteiger partial charge in [0.15, 0.2) is 0 Å². The van der Waals surface area contributed by atoms with Gasteiger partial charge in [-0.1, -0.05) is 31.4 Å². The molecule has 7 nitrogen and oxygen atoms in total. The minimum Gasteiger partial charge on any atom is -0.497 e. The number of amides is 2. The number of benzene rings is 2. The van der Waals surface area contributed by atoms with Crippen molar-refractivity contribution < 1.29 is 14.3 Å². The van der Waals surface area contributed by atoms with Crippen LogP contribution in [0.1, 0.15) is 65.6 Å². The molecule has 186 valence electrons. The number of rotatable bonds is 8. The van der Waals surface area contributed by atoms with E-state index in [0.29, 0.717) is 22.7 Å². The molecular formula is C29H32N4O3. The molecule has 1 heterocycles. The minimum atomic E-state index is -0.211. The van der Waals surface area contributed by atoms with Crippen LogP contribution in [0.15, 0.2) is 73.0 Å². The molecule has 0 atom stereocenters. The quantitative estimate of drug-likeness (QED) is 0.366. The number of methoxy groups -OCH3 is 1. The molecule has 36 heavy (non-hydrogen) atoms. The van der Waals surface area contributed by atoms with Crippen LogP contribution in [0.2, 0.25) is 0 Å². The van der Waals surface area contributed by atoms with Gasteiger partial charge < -0.3 is 20.4 Å². The molecule has 0 unspecified atom stereocenters. The smallest absolute Gasteiger partial charge is 0.255 e. The molecule has 0 saturated heterocycles. The summed E-state index contributed by atoms with van der Waals surface area (Å²) in [6.45, 7) is 1.93. The summed E-state index contributed by atoms with van der Waals surface area (Å²) in [6, 6.07) is 12.7. The third kappa shape index (κ3) is 6.30. The molecule has 7 heteroatoms. The Labute approximate surface area is 211 Å². The van der Waals surface area contributed by atoms with Crippen LogP contribution in [-0.4, -0.2) is 34.9 Å². The number of aromatic nitrogens is 2. The van der Waals surface area contributed by atoms with Gasteiger partial charge in [0, 0.05) is 28.9 Å². The highest BCUT2D eigenvalue weighted by atomic mass is 16.5. The van der Waals surface area contributed by atoms with Crippen molar-refractivity contribution in [2.75, 3.05) is 7.11 Å². The number of nitrogens with one attached hydrogen (secondary N) is 3. The molecule has 1 fully saturated rings. The Morgan fingerprint density at radius 1 is 1.03 bits per heavy atom. The van der Waals surface area contributed by atoms with Crippen LogP contribution in [0.25, 0.3) is 16.6 Å². The fourth-order valence-corrected chi connectivity index (χ4v) is 4.30. The maximum Gasteiger partial charge on any atom is 0.255 e. The van der Waals surface area contributed by atoms with Crippen LogP contribution in [0.3, 0.4) is 0 Å². The van der Waals surface area contributed by atoms with Gasteiger partial charge in [-0.15, -0.1) is 0 Å². The Bertz CT molecular complexity index is 1300. The Morgan fingerprint density at radius 3 is 2.50 bits per heavy atom. The minimum absolute atomic E-state index is 0.0419. The summed E-state index contributed by atoms with van der Waals surface area (Å²) in [7, 11) is 1.59. The predicted octanol–water partition coefficient (Wildman–Crippen LogP) is 5.54. The molecule has 1 aromatic heterocycles. The lowest BCUT2D eigenvalue weighted by Crippen LogP contribution is -2.36. The summed E-state index contributed by atoms with van der Waals surface area (Å²) >= 11 is 0. The number of carbonyl (C=O) groups is 2. The molecule has 1 aliphatic rings. The van der Waals surface area contributed by atoms with Crippen LogP contribution < -0.4 is 15.4 Å². The fourth-order valence-electron chi connectivity index (χ4n) is 4.30. The number of fused-ring (bicyclic) bond motifs is 1. The lowest BCUT2D eigenvalue weighted by molar-refractivity contribution is 0.0926. The van der Waals surface area contributed by atoms with Crippen LogP contribution >= 0.6 is 0 Å². The summed E-state index contributed by atoms with van der Waals surface area (Å²) in [5, 5.41) is 5.93. The molecule has 0 aliphatic heterocycles. The number of nitrogens with zero attached hydrogens (tertiary/aromatic N) is 1. The molecule has 1 aliphatic carbocycles. The van der Waals surface area contributed by atoms with Crippen LogP contribution in [-0.2, 0) is 0 Å². The summed E-state index contributed by atoms with van der Waals surface area (Å²) in [4.78, 5) is 33.1. The van der Waals surface area contributed by atoms with E-state index in [0.717, 1.165) is 29.4 Å². The zero-order chi connectivity index (χ0) is 25.3. The predicted molar refractivity (Wildman–Crippen MR) is 143 cm³/mol. The van der Waals surface area contributed by atoms with Gasteiger partial charge in [-0.25, -0.2) is 4.98 Å². The van der Waals surface area contributed by atoms with Crippen molar-refractivity contribution in [3.63, 3.8) is 0 Å². The summed E-state index contributed by atoms with van der Waals surface area (Å²) in [6.07, 6.45) is 14.8. The zero-order valence-corrected chi connectivity index (χ0v) is 20.7. The Balaban J connectivity index is 1.45. The molecule has 4 rings (SSSR count). The van der Waals surface area contributed by atoms with Gasteiger partial charge >= 0.3 is 0 Å². The second-order valence-electron chi connectivity index (χ2n) is 8.81. The van der Waals surface area contributed by atoms with Crippen molar-refractivity contribution in [1.82, 2.24) is 20.6 Å². The number of H-pyrrole nitrogens is 1. The molecule has 0 bridgehead atoms. The third-order valence-corrected chi connectivity index (χ3v) is 6.24. The fraction of sp³-hybridized carbons (Fsp3) is 0.276. The SMILES string of the molecule is C\C=C/C(=C\C=C\NC(=O)c1ccc(OC)cc1)c1nc2ccc(C(=O)NC3CCCCC3)cc2[nH]1. The van der Waals surface area contributed by atoms with Crippen molar-refractivity contribution in [2.24, 2.45) is 0 Å². The van der Waals surface area contributed by atoms with E-state index in [-0.39, 0.29) is 17.9 Å². The van der Waals surface area contributed by atoms with Gasteiger partial charge in [0.1, 0.15) is 11.6 Å². The maximum absolute atomic E-state index is 12.7. The summed E-state index contributed by atoms with van der Waals surface area (Å²) < 4.78 is 5.12. The number of imidazole rings is 1. The number of carbonyl (C=O) groups excluding carboxylic acids is 2. The molecule has 2 aromatic carbocycles. The largest absolute Gasteiger partial charge is 0.497 e. The topological polar surface area (TPSA) is 96.1 Å².